The van der Waals surface area contributed by atoms with Gasteiger partial charge in [-0.25, -0.2) is 19.2 Å². The lowest BCUT2D eigenvalue weighted by Crippen LogP contribution is -2.52. The molecule has 4 N–H and O–H groups in total. The highest BCUT2D eigenvalue weighted by atomic mass is 16.6. The third-order valence-corrected chi connectivity index (χ3v) is 6.61. The Balaban J connectivity index is 1.82. The molecule has 0 unspecified atom stereocenters. The lowest BCUT2D eigenvalue weighted by atomic mass is 10.1. The topological polar surface area (TPSA) is 170 Å². The molecule has 2 atom stereocenters. The van der Waals surface area contributed by atoms with E-state index in [-0.39, 0.29) is 26.1 Å². The van der Waals surface area contributed by atoms with E-state index in [0.29, 0.717) is 38.8 Å². The summed E-state index contributed by atoms with van der Waals surface area (Å²) in [4.78, 5) is 62.3. The van der Waals surface area contributed by atoms with E-state index >= 15 is 0 Å². The summed E-state index contributed by atoms with van der Waals surface area (Å²) in [7, 11) is 1.22. The molecule has 13 heteroatoms. The highest BCUT2D eigenvalue weighted by Gasteiger charge is 2.28. The van der Waals surface area contributed by atoms with Crippen LogP contribution < -0.4 is 21.3 Å². The zero-order chi connectivity index (χ0) is 34.5. The molecule has 47 heavy (non-hydrogen) atoms. The van der Waals surface area contributed by atoms with Gasteiger partial charge in [-0.2, -0.15) is 0 Å². The molecule has 2 aromatic rings. The summed E-state index contributed by atoms with van der Waals surface area (Å²) in [6.45, 7) is 6.02. The maximum Gasteiger partial charge on any atom is 0.408 e. The Hall–Kier alpha value is -4.81. The van der Waals surface area contributed by atoms with Crippen molar-refractivity contribution in [2.24, 2.45) is 0 Å². The lowest BCUT2D eigenvalue weighted by molar-refractivity contribution is -0.145. The fourth-order valence-corrected chi connectivity index (χ4v) is 4.26. The van der Waals surface area contributed by atoms with Crippen LogP contribution in [0, 0.1) is 0 Å². The molecule has 0 aliphatic rings. The van der Waals surface area contributed by atoms with Gasteiger partial charge in [-0.1, -0.05) is 60.7 Å². The number of methoxy groups -OCH3 is 1. The van der Waals surface area contributed by atoms with Crippen molar-refractivity contribution in [1.29, 1.82) is 0 Å². The van der Waals surface area contributed by atoms with Gasteiger partial charge in [0, 0.05) is 13.1 Å². The quantitative estimate of drug-likeness (QED) is 0.101. The predicted molar refractivity (Wildman–Crippen MR) is 174 cm³/mol. The molecule has 4 amide bonds. The fraction of sp³-hybridized carbons (Fsp3) is 0.500. The van der Waals surface area contributed by atoms with Crippen molar-refractivity contribution in [3.8, 4) is 0 Å². The predicted octanol–water partition coefficient (Wildman–Crippen LogP) is 4.73. The van der Waals surface area contributed by atoms with Crippen molar-refractivity contribution in [2.45, 2.75) is 90.2 Å². The number of nitrogens with one attached hydrogen (secondary N) is 4. The zero-order valence-corrected chi connectivity index (χ0v) is 27.7. The zero-order valence-electron chi connectivity index (χ0n) is 27.7. The molecule has 0 bridgehead atoms. The van der Waals surface area contributed by atoms with Gasteiger partial charge in [0.1, 0.15) is 30.9 Å². The van der Waals surface area contributed by atoms with Crippen LogP contribution in [0.2, 0.25) is 0 Å². The maximum atomic E-state index is 13.3. The first-order chi connectivity index (χ1) is 22.5. The van der Waals surface area contributed by atoms with Gasteiger partial charge in [0.15, 0.2) is 0 Å². The highest BCUT2D eigenvalue weighted by molar-refractivity contribution is 5.89. The summed E-state index contributed by atoms with van der Waals surface area (Å²) in [5.41, 5.74) is 0.951. The van der Waals surface area contributed by atoms with Crippen LogP contribution >= 0.6 is 0 Å². The molecule has 2 rings (SSSR count). The van der Waals surface area contributed by atoms with E-state index in [2.05, 4.69) is 21.3 Å². The second-order valence-corrected chi connectivity index (χ2v) is 11.8. The molecule has 258 valence electrons. The van der Waals surface area contributed by atoms with Crippen LogP contribution in [0.15, 0.2) is 60.7 Å². The Morgan fingerprint density at radius 3 is 1.55 bits per heavy atom. The minimum absolute atomic E-state index is 0.147. The first kappa shape index (κ1) is 38.4. The average Bonchev–Trinajstić information content (AvgIpc) is 3.04. The van der Waals surface area contributed by atoms with Gasteiger partial charge in [-0.3, -0.25) is 4.79 Å². The Morgan fingerprint density at radius 2 is 1.11 bits per heavy atom. The van der Waals surface area contributed by atoms with E-state index in [9.17, 15) is 24.0 Å². The fourth-order valence-electron chi connectivity index (χ4n) is 4.26. The number of ether oxygens (including phenoxy) is 4. The minimum atomic E-state index is -1.01. The third-order valence-electron chi connectivity index (χ3n) is 6.61. The standard InChI is InChI=1S/C34H48N4O9/c1-34(2,3)47-33(43)38-27(19-11-13-21-35-31(41)45-23-25-15-7-5-8-16-25)29(39)37-28(30(40)44-4)20-12-14-22-36-32(42)46-24-26-17-9-6-10-18-26/h5-10,15-18,27-28H,11-14,19-24H2,1-4H3,(H,35,41)(H,36,42)(H,37,39)(H,38,43)/t27-,28+/m0/s1. The maximum absolute atomic E-state index is 13.3. The van der Waals surface area contributed by atoms with Crippen molar-refractivity contribution in [2.75, 3.05) is 20.2 Å². The molecule has 2 aromatic carbocycles. The Labute approximate surface area is 276 Å². The van der Waals surface area contributed by atoms with Crippen LogP contribution in [0.1, 0.15) is 70.4 Å². The van der Waals surface area contributed by atoms with Gasteiger partial charge >= 0.3 is 24.2 Å². The number of carbonyl (C=O) groups excluding carboxylic acids is 5. The molecule has 0 aliphatic heterocycles. The summed E-state index contributed by atoms with van der Waals surface area (Å²) in [5.74, 6) is -1.22. The van der Waals surface area contributed by atoms with Crippen LogP contribution in [-0.2, 0) is 41.8 Å². The van der Waals surface area contributed by atoms with E-state index in [1.54, 1.807) is 20.8 Å². The normalized spacial score (nSPS) is 12.1. The smallest absolute Gasteiger partial charge is 0.408 e. The average molecular weight is 657 g/mol. The van der Waals surface area contributed by atoms with Crippen LogP contribution in [0.5, 0.6) is 0 Å². The molecule has 0 spiro atoms. The van der Waals surface area contributed by atoms with Crippen molar-refractivity contribution in [3.63, 3.8) is 0 Å². The van der Waals surface area contributed by atoms with E-state index in [0.717, 1.165) is 11.1 Å². The van der Waals surface area contributed by atoms with Gasteiger partial charge in [-0.05, 0) is 70.4 Å². The third kappa shape index (κ3) is 17.5. The van der Waals surface area contributed by atoms with Crippen molar-refractivity contribution >= 4 is 30.2 Å². The molecule has 13 nitrogen and oxygen atoms in total. The molecule has 0 fully saturated rings. The van der Waals surface area contributed by atoms with Crippen molar-refractivity contribution in [3.05, 3.63) is 71.8 Å². The number of benzene rings is 2. The number of carbonyl (C=O) groups is 5. The van der Waals surface area contributed by atoms with Gasteiger partial charge in [0.2, 0.25) is 5.91 Å². The first-order valence-corrected chi connectivity index (χ1v) is 15.7. The van der Waals surface area contributed by atoms with Gasteiger partial charge in [0.25, 0.3) is 0 Å². The summed E-state index contributed by atoms with van der Waals surface area (Å²) in [6, 6.07) is 16.6. The molecular formula is C34H48N4O9. The second-order valence-electron chi connectivity index (χ2n) is 11.8. The Bertz CT molecular complexity index is 1250. The summed E-state index contributed by atoms with van der Waals surface area (Å²) in [6.07, 6.45) is 0.530. The highest BCUT2D eigenvalue weighted by Crippen LogP contribution is 2.10. The SMILES string of the molecule is COC(=O)[C@@H](CCCCNC(=O)OCc1ccccc1)NC(=O)[C@H](CCCCNC(=O)OCc1ccccc1)NC(=O)OC(C)(C)C. The van der Waals surface area contributed by atoms with E-state index < -0.39 is 47.8 Å². The Morgan fingerprint density at radius 1 is 0.638 bits per heavy atom. The second kappa shape index (κ2) is 21.1. The molecule has 0 saturated carbocycles. The summed E-state index contributed by atoms with van der Waals surface area (Å²) < 4.78 is 20.6. The van der Waals surface area contributed by atoms with Gasteiger partial charge < -0.3 is 40.2 Å². The number of alkyl carbamates (subject to hydrolysis) is 3. The number of hydrogen-bond donors (Lipinski definition) is 4. The number of hydrogen-bond acceptors (Lipinski definition) is 9. The molecule has 0 heterocycles. The van der Waals surface area contributed by atoms with Crippen LogP contribution in [0.4, 0.5) is 14.4 Å². The van der Waals surface area contributed by atoms with Gasteiger partial charge in [-0.15, -0.1) is 0 Å². The largest absolute Gasteiger partial charge is 0.467 e. The van der Waals surface area contributed by atoms with Crippen LogP contribution in [0.25, 0.3) is 0 Å². The molecular weight excluding hydrogens is 608 g/mol. The van der Waals surface area contributed by atoms with E-state index in [4.69, 9.17) is 18.9 Å². The number of esters is 1. The van der Waals surface area contributed by atoms with E-state index in [1.807, 2.05) is 60.7 Å². The lowest BCUT2D eigenvalue weighted by Gasteiger charge is -2.25. The number of rotatable bonds is 18. The van der Waals surface area contributed by atoms with Crippen LogP contribution in [-0.4, -0.2) is 68.0 Å². The Kier molecular flexibility index (Phi) is 17.2. The van der Waals surface area contributed by atoms with E-state index in [1.165, 1.54) is 7.11 Å². The molecule has 0 saturated heterocycles. The van der Waals surface area contributed by atoms with Gasteiger partial charge in [0.05, 0.1) is 7.11 Å². The van der Waals surface area contributed by atoms with Crippen molar-refractivity contribution in [1.82, 2.24) is 21.3 Å². The molecule has 0 aromatic heterocycles. The number of amides is 4. The minimum Gasteiger partial charge on any atom is -0.467 e. The summed E-state index contributed by atoms with van der Waals surface area (Å²) >= 11 is 0. The monoisotopic (exact) mass is 656 g/mol. The first-order valence-electron chi connectivity index (χ1n) is 15.7. The number of unbranched alkanes of at least 4 members (excludes halogenated alkanes) is 2. The van der Waals surface area contributed by atoms with Crippen molar-refractivity contribution < 1.29 is 42.9 Å². The summed E-state index contributed by atoms with van der Waals surface area (Å²) in [5, 5.41) is 10.6. The molecule has 0 radical (unpaired) electrons. The molecule has 0 aliphatic carbocycles. The van der Waals surface area contributed by atoms with Crippen LogP contribution in [0.3, 0.4) is 0 Å².